The number of hydrogen-bond donors (Lipinski definition) is 1. The van der Waals surface area contributed by atoms with Crippen molar-refractivity contribution in [2.24, 2.45) is 11.0 Å². The molecule has 0 spiro atoms. The van der Waals surface area contributed by atoms with Gasteiger partial charge >= 0.3 is 0 Å². The van der Waals surface area contributed by atoms with Gasteiger partial charge in [0.25, 0.3) is 0 Å². The average Bonchev–Trinajstić information content (AvgIpc) is 2.39. The zero-order valence-electron chi connectivity index (χ0n) is 9.74. The second kappa shape index (κ2) is 5.30. The molecule has 1 fully saturated rings. The van der Waals surface area contributed by atoms with Crippen molar-refractivity contribution in [3.8, 4) is 0 Å². The number of ether oxygens (including phenoxy) is 1. The van der Waals surface area contributed by atoms with E-state index in [-0.39, 0.29) is 11.8 Å². The molecule has 1 amide bonds. The Labute approximate surface area is 95.8 Å². The number of rotatable bonds is 2. The van der Waals surface area contributed by atoms with Crippen LogP contribution in [0.2, 0.25) is 0 Å². The molecule has 0 bridgehead atoms. The Morgan fingerprint density at radius 2 is 2.31 bits per heavy atom. The van der Waals surface area contributed by atoms with Crippen molar-refractivity contribution in [1.29, 1.82) is 0 Å². The lowest BCUT2D eigenvalue weighted by atomic mass is 9.97. The Balaban J connectivity index is 1.97. The molecule has 1 N–H and O–H groups in total. The van der Waals surface area contributed by atoms with Crippen molar-refractivity contribution in [3.05, 3.63) is 0 Å². The van der Waals surface area contributed by atoms with Gasteiger partial charge in [-0.2, -0.15) is 0 Å². The quantitative estimate of drug-likeness (QED) is 0.747. The van der Waals surface area contributed by atoms with E-state index in [1.165, 1.54) is 0 Å². The number of piperidine rings is 1. The number of amides is 1. The van der Waals surface area contributed by atoms with Crippen LogP contribution in [0.25, 0.3) is 0 Å². The summed E-state index contributed by atoms with van der Waals surface area (Å²) in [6.45, 7) is 5.02. The van der Waals surface area contributed by atoms with Gasteiger partial charge in [0.05, 0.1) is 6.54 Å². The molecule has 2 rings (SSSR count). The molecule has 2 aliphatic rings. The highest BCUT2D eigenvalue weighted by atomic mass is 16.5. The molecule has 0 unspecified atom stereocenters. The van der Waals surface area contributed by atoms with Crippen LogP contribution < -0.4 is 5.32 Å². The zero-order valence-corrected chi connectivity index (χ0v) is 9.74. The average molecular weight is 225 g/mol. The van der Waals surface area contributed by atoms with Crippen LogP contribution in [0.1, 0.15) is 26.2 Å². The maximum atomic E-state index is 12.2. The van der Waals surface area contributed by atoms with E-state index in [4.69, 9.17) is 4.74 Å². The molecule has 2 aliphatic heterocycles. The number of carbonyl (C=O) groups is 1. The van der Waals surface area contributed by atoms with E-state index in [0.29, 0.717) is 19.0 Å². The minimum Gasteiger partial charge on any atom is -0.478 e. The molecule has 5 nitrogen and oxygen atoms in total. The lowest BCUT2D eigenvalue weighted by Gasteiger charge is -2.29. The summed E-state index contributed by atoms with van der Waals surface area (Å²) in [6, 6.07) is 0. The third kappa shape index (κ3) is 2.52. The van der Waals surface area contributed by atoms with Gasteiger partial charge in [-0.25, -0.2) is 5.01 Å². The summed E-state index contributed by atoms with van der Waals surface area (Å²) in [6.07, 6.45) is 2.59. The highest BCUT2D eigenvalue weighted by molar-refractivity contribution is 5.83. The molecule has 0 aliphatic carbocycles. The lowest BCUT2D eigenvalue weighted by Crippen LogP contribution is -2.42. The van der Waals surface area contributed by atoms with Gasteiger partial charge in [0.2, 0.25) is 11.8 Å². The van der Waals surface area contributed by atoms with Gasteiger partial charge in [-0.3, -0.25) is 4.79 Å². The molecule has 1 saturated heterocycles. The highest BCUT2D eigenvalue weighted by Gasteiger charge is 2.27. The van der Waals surface area contributed by atoms with Crippen molar-refractivity contribution in [2.75, 3.05) is 26.2 Å². The van der Waals surface area contributed by atoms with Crippen LogP contribution in [0, 0.1) is 5.92 Å². The summed E-state index contributed by atoms with van der Waals surface area (Å²) >= 11 is 0. The van der Waals surface area contributed by atoms with E-state index in [2.05, 4.69) is 10.4 Å². The minimum atomic E-state index is 0.140. The van der Waals surface area contributed by atoms with Gasteiger partial charge in [0.15, 0.2) is 0 Å². The van der Waals surface area contributed by atoms with Crippen LogP contribution >= 0.6 is 0 Å². The van der Waals surface area contributed by atoms with E-state index < -0.39 is 0 Å². The molecule has 0 aromatic carbocycles. The van der Waals surface area contributed by atoms with Crippen LogP contribution in [0.5, 0.6) is 0 Å². The minimum absolute atomic E-state index is 0.140. The van der Waals surface area contributed by atoms with E-state index >= 15 is 0 Å². The van der Waals surface area contributed by atoms with Gasteiger partial charge in [-0.1, -0.05) is 6.92 Å². The predicted molar refractivity (Wildman–Crippen MR) is 61.0 cm³/mol. The smallest absolute Gasteiger partial charge is 0.246 e. The van der Waals surface area contributed by atoms with Gasteiger partial charge < -0.3 is 10.1 Å². The van der Waals surface area contributed by atoms with E-state index in [1.807, 2.05) is 6.92 Å². The Morgan fingerprint density at radius 1 is 1.56 bits per heavy atom. The molecule has 5 heteroatoms. The van der Waals surface area contributed by atoms with Crippen molar-refractivity contribution >= 4 is 11.8 Å². The topological polar surface area (TPSA) is 53.9 Å². The summed E-state index contributed by atoms with van der Waals surface area (Å²) < 4.78 is 5.34. The Hall–Kier alpha value is -1.10. The van der Waals surface area contributed by atoms with Crippen LogP contribution in [0.3, 0.4) is 0 Å². The van der Waals surface area contributed by atoms with Crippen molar-refractivity contribution < 1.29 is 9.53 Å². The molecule has 0 saturated carbocycles. The first kappa shape index (κ1) is 11.4. The van der Waals surface area contributed by atoms with E-state index in [0.717, 1.165) is 32.4 Å². The molecule has 2 heterocycles. The lowest BCUT2D eigenvalue weighted by molar-refractivity contribution is -0.137. The molecule has 90 valence electrons. The van der Waals surface area contributed by atoms with Crippen LogP contribution in [0.15, 0.2) is 5.10 Å². The number of hydrogen-bond acceptors (Lipinski definition) is 4. The first-order chi connectivity index (χ1) is 7.81. The fraction of sp³-hybridized carbons (Fsp3) is 0.818. The molecular weight excluding hydrogens is 206 g/mol. The fourth-order valence-corrected chi connectivity index (χ4v) is 2.08. The molecular formula is C11H19N3O2. The third-order valence-corrected chi connectivity index (χ3v) is 3.05. The third-order valence-electron chi connectivity index (χ3n) is 3.05. The first-order valence-corrected chi connectivity index (χ1v) is 6.03. The van der Waals surface area contributed by atoms with Crippen molar-refractivity contribution in [1.82, 2.24) is 10.3 Å². The molecule has 0 radical (unpaired) electrons. The Kier molecular flexibility index (Phi) is 3.77. The van der Waals surface area contributed by atoms with E-state index in [1.54, 1.807) is 5.01 Å². The summed E-state index contributed by atoms with van der Waals surface area (Å²) in [7, 11) is 0. The summed E-state index contributed by atoms with van der Waals surface area (Å²) in [5.41, 5.74) is 0. The molecule has 16 heavy (non-hydrogen) atoms. The zero-order chi connectivity index (χ0) is 11.4. The van der Waals surface area contributed by atoms with Gasteiger partial charge in [-0.15, -0.1) is 5.10 Å². The standard InChI is InChI=1S/C11H19N3O2/c1-2-10-13-14(7-8-16-10)11(15)9-3-5-12-6-4-9/h9,12H,2-8H2,1H3. The molecule has 0 atom stereocenters. The molecule has 0 aromatic heterocycles. The van der Waals surface area contributed by atoms with Crippen molar-refractivity contribution in [2.45, 2.75) is 26.2 Å². The number of carbonyl (C=O) groups excluding carboxylic acids is 1. The fourth-order valence-electron chi connectivity index (χ4n) is 2.08. The second-order valence-electron chi connectivity index (χ2n) is 4.18. The van der Waals surface area contributed by atoms with Crippen LogP contribution in [-0.4, -0.2) is 43.1 Å². The van der Waals surface area contributed by atoms with Crippen molar-refractivity contribution in [3.63, 3.8) is 0 Å². The van der Waals surface area contributed by atoms with Crippen LogP contribution in [-0.2, 0) is 9.53 Å². The van der Waals surface area contributed by atoms with Gasteiger partial charge in [0, 0.05) is 12.3 Å². The normalized spacial score (nSPS) is 22.6. The Morgan fingerprint density at radius 3 is 3.00 bits per heavy atom. The second-order valence-corrected chi connectivity index (χ2v) is 4.18. The van der Waals surface area contributed by atoms with Gasteiger partial charge in [0.1, 0.15) is 6.61 Å². The Bertz CT molecular complexity index is 285. The summed E-state index contributed by atoms with van der Waals surface area (Å²) in [5, 5.41) is 9.09. The largest absolute Gasteiger partial charge is 0.478 e. The predicted octanol–water partition coefficient (Wildman–Crippen LogP) is 0.568. The SMILES string of the molecule is CCC1=NN(C(=O)C2CCNCC2)CCO1. The number of nitrogens with zero attached hydrogens (tertiary/aromatic N) is 2. The first-order valence-electron chi connectivity index (χ1n) is 6.03. The van der Waals surface area contributed by atoms with E-state index in [9.17, 15) is 4.79 Å². The van der Waals surface area contributed by atoms with Gasteiger partial charge in [-0.05, 0) is 25.9 Å². The van der Waals surface area contributed by atoms with Crippen LogP contribution in [0.4, 0.5) is 0 Å². The monoisotopic (exact) mass is 225 g/mol. The highest BCUT2D eigenvalue weighted by Crippen LogP contribution is 2.16. The summed E-state index contributed by atoms with van der Waals surface area (Å²) in [4.78, 5) is 12.2. The summed E-state index contributed by atoms with van der Waals surface area (Å²) in [5.74, 6) is 0.977. The number of nitrogens with one attached hydrogen (secondary N) is 1. The maximum absolute atomic E-state index is 12.2. The molecule has 0 aromatic rings. The number of hydrazone groups is 1. The maximum Gasteiger partial charge on any atom is 0.246 e.